The summed E-state index contributed by atoms with van der Waals surface area (Å²) < 4.78 is 2.46. The first kappa shape index (κ1) is 30.7. The van der Waals surface area contributed by atoms with E-state index >= 15 is 0 Å². The molecule has 0 fully saturated rings. The van der Waals surface area contributed by atoms with Gasteiger partial charge in [0.05, 0.1) is 22.6 Å². The Morgan fingerprint density at radius 2 is 0.830 bits per heavy atom. The average molecular weight is 678 g/mol. The predicted molar refractivity (Wildman–Crippen MR) is 223 cm³/mol. The molecule has 2 heterocycles. The Morgan fingerprint density at radius 3 is 1.45 bits per heavy atom. The molecule has 250 valence electrons. The van der Waals surface area contributed by atoms with E-state index in [2.05, 4.69) is 227 Å². The highest BCUT2D eigenvalue weighted by molar-refractivity contribution is 6.13. The van der Waals surface area contributed by atoms with Crippen molar-refractivity contribution >= 4 is 45.0 Å². The maximum Gasteiger partial charge on any atom is 0.0641 e. The van der Waals surface area contributed by atoms with Gasteiger partial charge in [0, 0.05) is 50.5 Å². The molecule has 0 saturated carbocycles. The number of anilines is 6. The van der Waals surface area contributed by atoms with Crippen LogP contribution in [-0.2, 0) is 0 Å². The predicted octanol–water partition coefficient (Wildman–Crippen LogP) is 13.9. The highest BCUT2D eigenvalue weighted by Crippen LogP contribution is 2.54. The Balaban J connectivity index is 1.19. The molecule has 1 aliphatic rings. The summed E-state index contributed by atoms with van der Waals surface area (Å²) in [6, 6.07) is 76.3. The number of aromatic nitrogens is 1. The number of rotatable bonds is 6. The fourth-order valence-electron chi connectivity index (χ4n) is 7.98. The Hall–Kier alpha value is -7.10. The first-order valence-corrected chi connectivity index (χ1v) is 18.1. The van der Waals surface area contributed by atoms with E-state index in [1.165, 1.54) is 44.4 Å². The lowest BCUT2D eigenvalue weighted by Crippen LogP contribution is -2.11. The molecular weight excluding hydrogens is 643 g/mol. The van der Waals surface area contributed by atoms with Crippen LogP contribution in [-0.4, -0.2) is 4.57 Å². The molecule has 10 rings (SSSR count). The molecule has 9 aromatic rings. The van der Waals surface area contributed by atoms with Gasteiger partial charge in [-0.2, -0.15) is 0 Å². The molecule has 0 radical (unpaired) electrons. The Kier molecular flexibility index (Phi) is 7.47. The van der Waals surface area contributed by atoms with Crippen LogP contribution in [0.3, 0.4) is 0 Å². The van der Waals surface area contributed by atoms with Crippen molar-refractivity contribution in [3.63, 3.8) is 0 Å². The quantitative estimate of drug-likeness (QED) is 0.174. The smallest absolute Gasteiger partial charge is 0.0641 e. The molecular formula is C50H35N3. The van der Waals surface area contributed by atoms with Crippen molar-refractivity contribution in [3.05, 3.63) is 212 Å². The van der Waals surface area contributed by atoms with Crippen molar-refractivity contribution in [2.75, 3.05) is 9.80 Å². The fraction of sp³-hybridized carbons (Fsp3) is 0. The molecule has 0 amide bonds. The molecule has 0 unspecified atom stereocenters. The molecule has 0 N–H and O–H groups in total. The van der Waals surface area contributed by atoms with Gasteiger partial charge in [-0.05, 0) is 96.1 Å². The van der Waals surface area contributed by atoms with Crippen molar-refractivity contribution in [2.45, 2.75) is 0 Å². The molecule has 53 heavy (non-hydrogen) atoms. The Labute approximate surface area is 309 Å². The van der Waals surface area contributed by atoms with Gasteiger partial charge in [0.25, 0.3) is 0 Å². The second kappa shape index (κ2) is 12.9. The normalized spacial score (nSPS) is 11.7. The highest BCUT2D eigenvalue weighted by atomic mass is 15.2. The van der Waals surface area contributed by atoms with Crippen molar-refractivity contribution < 1.29 is 0 Å². The van der Waals surface area contributed by atoms with Crippen LogP contribution in [0.25, 0.3) is 50.1 Å². The first-order valence-electron chi connectivity index (χ1n) is 18.1. The summed E-state index contributed by atoms with van der Waals surface area (Å²) in [6.45, 7) is 0. The van der Waals surface area contributed by atoms with Crippen molar-refractivity contribution in [2.24, 2.45) is 0 Å². The van der Waals surface area contributed by atoms with Gasteiger partial charge in [-0.3, -0.25) is 0 Å². The number of hydrogen-bond donors (Lipinski definition) is 0. The highest BCUT2D eigenvalue weighted by Gasteiger charge is 2.31. The molecule has 0 aliphatic carbocycles. The maximum atomic E-state index is 2.46. The summed E-state index contributed by atoms with van der Waals surface area (Å²) in [4.78, 5) is 4.72. The van der Waals surface area contributed by atoms with Crippen LogP contribution in [0.15, 0.2) is 212 Å². The minimum atomic E-state index is 1.11. The van der Waals surface area contributed by atoms with Gasteiger partial charge in [0.1, 0.15) is 0 Å². The topological polar surface area (TPSA) is 11.4 Å². The lowest BCUT2D eigenvalue weighted by atomic mass is 9.96. The minimum Gasteiger partial charge on any atom is -0.311 e. The Bertz CT molecular complexity index is 2660. The van der Waals surface area contributed by atoms with Gasteiger partial charge in [0.15, 0.2) is 0 Å². The molecule has 0 spiro atoms. The van der Waals surface area contributed by atoms with Crippen LogP contribution in [0.5, 0.6) is 0 Å². The zero-order chi connectivity index (χ0) is 35.1. The van der Waals surface area contributed by atoms with Gasteiger partial charge >= 0.3 is 0 Å². The van der Waals surface area contributed by atoms with E-state index in [1.807, 2.05) is 0 Å². The maximum absolute atomic E-state index is 2.46. The van der Waals surface area contributed by atoms with Crippen LogP contribution < -0.4 is 9.80 Å². The molecule has 3 nitrogen and oxygen atoms in total. The molecule has 8 aromatic carbocycles. The minimum absolute atomic E-state index is 1.11. The van der Waals surface area contributed by atoms with E-state index in [0.717, 1.165) is 39.8 Å². The molecule has 1 aliphatic heterocycles. The van der Waals surface area contributed by atoms with Crippen molar-refractivity contribution in [1.82, 2.24) is 4.57 Å². The van der Waals surface area contributed by atoms with Crippen LogP contribution >= 0.6 is 0 Å². The third-order valence-corrected chi connectivity index (χ3v) is 10.3. The zero-order valence-corrected chi connectivity index (χ0v) is 29.0. The zero-order valence-electron chi connectivity index (χ0n) is 29.0. The van der Waals surface area contributed by atoms with Crippen LogP contribution in [0, 0.1) is 0 Å². The summed E-state index contributed by atoms with van der Waals surface area (Å²) >= 11 is 0. The molecule has 1 aromatic heterocycles. The summed E-state index contributed by atoms with van der Waals surface area (Å²) in [6.07, 6.45) is 0. The van der Waals surface area contributed by atoms with Gasteiger partial charge in [-0.15, -0.1) is 0 Å². The second-order valence-corrected chi connectivity index (χ2v) is 13.4. The first-order chi connectivity index (χ1) is 26.3. The number of para-hydroxylation sites is 6. The third-order valence-electron chi connectivity index (χ3n) is 10.3. The average Bonchev–Trinajstić information content (AvgIpc) is 3.51. The number of fused-ring (bicyclic) bond motifs is 7. The standard InChI is InChI=1S/C50H35N3/c1-5-17-38(18-6-1)51(39-19-7-2-8-20-39)42-32-29-36(30-33-42)37-31-34-48-45(35-37)49-43-25-13-15-27-46(43)52(40-21-9-3-10-22-40)47-28-16-14-26-44(47)50(49)53(48)41-23-11-4-12-24-41/h1-35H. The van der Waals surface area contributed by atoms with Crippen LogP contribution in [0.4, 0.5) is 34.1 Å². The monoisotopic (exact) mass is 677 g/mol. The summed E-state index contributed by atoms with van der Waals surface area (Å²) in [5.74, 6) is 0. The number of benzene rings is 8. The summed E-state index contributed by atoms with van der Waals surface area (Å²) in [7, 11) is 0. The summed E-state index contributed by atoms with van der Waals surface area (Å²) in [5.41, 5.74) is 16.3. The summed E-state index contributed by atoms with van der Waals surface area (Å²) in [5, 5.41) is 1.22. The third kappa shape index (κ3) is 5.21. The fourth-order valence-corrected chi connectivity index (χ4v) is 7.98. The van der Waals surface area contributed by atoms with E-state index < -0.39 is 0 Å². The number of hydrogen-bond acceptors (Lipinski definition) is 2. The molecule has 0 saturated heterocycles. The molecule has 3 heteroatoms. The van der Waals surface area contributed by atoms with Crippen molar-refractivity contribution in [1.29, 1.82) is 0 Å². The van der Waals surface area contributed by atoms with Gasteiger partial charge < -0.3 is 14.4 Å². The van der Waals surface area contributed by atoms with E-state index in [0.29, 0.717) is 0 Å². The lowest BCUT2D eigenvalue weighted by molar-refractivity contribution is 1.13. The SMILES string of the molecule is c1ccc(N(c2ccccc2)c2ccc(-c3ccc4c(c3)c3c(n4-c4ccccc4)-c4ccccc4N(c4ccccc4)c4ccccc4-3)cc2)cc1. The van der Waals surface area contributed by atoms with E-state index in [-0.39, 0.29) is 0 Å². The van der Waals surface area contributed by atoms with Crippen LogP contribution in [0.2, 0.25) is 0 Å². The van der Waals surface area contributed by atoms with E-state index in [9.17, 15) is 0 Å². The number of nitrogens with zero attached hydrogens (tertiary/aromatic N) is 3. The van der Waals surface area contributed by atoms with Gasteiger partial charge in [-0.25, -0.2) is 0 Å². The van der Waals surface area contributed by atoms with E-state index in [4.69, 9.17) is 0 Å². The lowest BCUT2D eigenvalue weighted by Gasteiger charge is -2.27. The van der Waals surface area contributed by atoms with Crippen LogP contribution in [0.1, 0.15) is 0 Å². The molecule has 0 bridgehead atoms. The Morgan fingerprint density at radius 1 is 0.358 bits per heavy atom. The van der Waals surface area contributed by atoms with Crippen molar-refractivity contribution in [3.8, 4) is 39.2 Å². The molecule has 0 atom stereocenters. The second-order valence-electron chi connectivity index (χ2n) is 13.4. The largest absolute Gasteiger partial charge is 0.311 e. The van der Waals surface area contributed by atoms with E-state index in [1.54, 1.807) is 0 Å². The van der Waals surface area contributed by atoms with Gasteiger partial charge in [0.2, 0.25) is 0 Å². The van der Waals surface area contributed by atoms with Gasteiger partial charge in [-0.1, -0.05) is 127 Å².